The van der Waals surface area contributed by atoms with Crippen molar-refractivity contribution in [2.24, 2.45) is 0 Å². The topological polar surface area (TPSA) is 88.2 Å². The molecule has 1 heterocycles. The summed E-state index contributed by atoms with van der Waals surface area (Å²) in [5, 5.41) is 20.5. The minimum absolute atomic E-state index is 0.129. The van der Waals surface area contributed by atoms with Crippen LogP contribution in [0.4, 0.5) is 0 Å². The first-order valence-corrected chi connectivity index (χ1v) is 7.28. The molecule has 6 nitrogen and oxygen atoms in total. The van der Waals surface area contributed by atoms with E-state index in [0.717, 1.165) is 5.56 Å². The van der Waals surface area contributed by atoms with Crippen molar-refractivity contribution in [1.82, 2.24) is 9.78 Å². The van der Waals surface area contributed by atoms with Crippen molar-refractivity contribution in [3.05, 3.63) is 83.5 Å². The Balaban J connectivity index is 1.84. The molecule has 0 radical (unpaired) electrons. The first kappa shape index (κ1) is 15.5. The SMILES string of the molecule is N=c1ccn(-c2cccc(OCc3ccccc3)c2)nc1C(=O)O. The first-order valence-electron chi connectivity index (χ1n) is 7.28. The standard InChI is InChI=1S/C18H15N3O3/c19-16-9-10-21(20-17(16)18(22)23)14-7-4-8-15(11-14)24-12-13-5-2-1-3-6-13/h1-11,19H,12H2,(H,22,23). The number of rotatable bonds is 5. The average molecular weight is 321 g/mol. The van der Waals surface area contributed by atoms with Crippen molar-refractivity contribution < 1.29 is 14.6 Å². The van der Waals surface area contributed by atoms with Gasteiger partial charge in [0.15, 0.2) is 5.69 Å². The van der Waals surface area contributed by atoms with Crippen molar-refractivity contribution in [3.8, 4) is 11.4 Å². The molecular weight excluding hydrogens is 306 g/mol. The lowest BCUT2D eigenvalue weighted by Gasteiger charge is -2.10. The Hall–Kier alpha value is -3.41. The number of nitrogens with one attached hydrogen (secondary N) is 1. The van der Waals surface area contributed by atoms with Crippen LogP contribution in [-0.2, 0) is 6.61 Å². The number of nitrogens with zero attached hydrogens (tertiary/aromatic N) is 2. The molecule has 0 fully saturated rings. The summed E-state index contributed by atoms with van der Waals surface area (Å²) in [5.41, 5.74) is 1.41. The number of carbonyl (C=O) groups is 1. The lowest BCUT2D eigenvalue weighted by atomic mass is 10.2. The van der Waals surface area contributed by atoms with Gasteiger partial charge in [0, 0.05) is 12.3 Å². The zero-order valence-corrected chi connectivity index (χ0v) is 12.7. The van der Waals surface area contributed by atoms with Crippen molar-refractivity contribution >= 4 is 5.97 Å². The largest absolute Gasteiger partial charge is 0.489 e. The Labute approximate surface area is 138 Å². The molecular formula is C18H15N3O3. The van der Waals surface area contributed by atoms with Gasteiger partial charge in [-0.15, -0.1) is 0 Å². The van der Waals surface area contributed by atoms with Crippen LogP contribution in [0.15, 0.2) is 66.9 Å². The summed E-state index contributed by atoms with van der Waals surface area (Å²) in [5.74, 6) is -0.580. The van der Waals surface area contributed by atoms with Crippen molar-refractivity contribution in [2.75, 3.05) is 0 Å². The van der Waals surface area contributed by atoms with E-state index in [-0.39, 0.29) is 11.1 Å². The fourth-order valence-corrected chi connectivity index (χ4v) is 2.18. The van der Waals surface area contributed by atoms with Crippen LogP contribution >= 0.6 is 0 Å². The van der Waals surface area contributed by atoms with Crippen LogP contribution in [0.1, 0.15) is 16.1 Å². The Morgan fingerprint density at radius 2 is 1.92 bits per heavy atom. The van der Waals surface area contributed by atoms with Crippen LogP contribution in [0.3, 0.4) is 0 Å². The zero-order chi connectivity index (χ0) is 16.9. The molecule has 0 spiro atoms. The molecule has 0 saturated carbocycles. The maximum atomic E-state index is 11.1. The molecule has 0 atom stereocenters. The van der Waals surface area contributed by atoms with E-state index in [4.69, 9.17) is 15.3 Å². The van der Waals surface area contributed by atoms with Gasteiger partial charge in [0.2, 0.25) is 0 Å². The number of hydrogen-bond acceptors (Lipinski definition) is 4. The summed E-state index contributed by atoms with van der Waals surface area (Å²) in [6.07, 6.45) is 1.55. The molecule has 3 rings (SSSR count). The smallest absolute Gasteiger partial charge is 0.358 e. The van der Waals surface area contributed by atoms with E-state index >= 15 is 0 Å². The number of carboxylic acids is 1. The molecule has 6 heteroatoms. The molecule has 120 valence electrons. The van der Waals surface area contributed by atoms with Crippen molar-refractivity contribution in [1.29, 1.82) is 5.41 Å². The highest BCUT2D eigenvalue weighted by atomic mass is 16.5. The maximum Gasteiger partial charge on any atom is 0.358 e. The highest BCUT2D eigenvalue weighted by molar-refractivity contribution is 5.84. The van der Waals surface area contributed by atoms with Crippen LogP contribution in [0, 0.1) is 5.41 Å². The summed E-state index contributed by atoms with van der Waals surface area (Å²) in [7, 11) is 0. The van der Waals surface area contributed by atoms with E-state index in [9.17, 15) is 4.79 Å². The minimum Gasteiger partial charge on any atom is -0.489 e. The normalized spacial score (nSPS) is 10.3. The predicted octanol–water partition coefficient (Wildman–Crippen LogP) is 2.63. The molecule has 3 aromatic rings. The molecule has 0 amide bonds. The lowest BCUT2D eigenvalue weighted by molar-refractivity contribution is 0.0686. The van der Waals surface area contributed by atoms with Crippen molar-refractivity contribution in [3.63, 3.8) is 0 Å². The van der Waals surface area contributed by atoms with Gasteiger partial charge in [-0.1, -0.05) is 36.4 Å². The zero-order valence-electron chi connectivity index (χ0n) is 12.7. The number of carboxylic acid groups (broad SMARTS) is 1. The Bertz CT molecular complexity index is 920. The number of aromatic nitrogens is 2. The van der Waals surface area contributed by atoms with Crippen LogP contribution in [0.25, 0.3) is 5.69 Å². The molecule has 0 saturated heterocycles. The van der Waals surface area contributed by atoms with Gasteiger partial charge in [-0.2, -0.15) is 5.10 Å². The summed E-state index contributed by atoms with van der Waals surface area (Å²) in [6, 6.07) is 18.4. The van der Waals surface area contributed by atoms with E-state index in [2.05, 4.69) is 5.10 Å². The van der Waals surface area contributed by atoms with Gasteiger partial charge in [0.25, 0.3) is 0 Å². The van der Waals surface area contributed by atoms with Gasteiger partial charge >= 0.3 is 5.97 Å². The average Bonchev–Trinajstić information content (AvgIpc) is 2.61. The molecule has 2 aromatic carbocycles. The van der Waals surface area contributed by atoms with E-state index in [1.165, 1.54) is 10.7 Å². The fourth-order valence-electron chi connectivity index (χ4n) is 2.18. The number of aromatic carboxylic acids is 1. The fraction of sp³-hybridized carbons (Fsp3) is 0.0556. The van der Waals surface area contributed by atoms with E-state index < -0.39 is 5.97 Å². The number of hydrogen-bond donors (Lipinski definition) is 2. The van der Waals surface area contributed by atoms with Gasteiger partial charge in [-0.25, -0.2) is 9.48 Å². The Morgan fingerprint density at radius 3 is 2.67 bits per heavy atom. The lowest BCUT2D eigenvalue weighted by Crippen LogP contribution is -2.20. The van der Waals surface area contributed by atoms with Gasteiger partial charge in [0.1, 0.15) is 12.4 Å². The third-order valence-corrected chi connectivity index (χ3v) is 3.38. The summed E-state index contributed by atoms with van der Waals surface area (Å²) in [4.78, 5) is 11.1. The quantitative estimate of drug-likeness (QED) is 0.756. The highest BCUT2D eigenvalue weighted by Gasteiger charge is 2.09. The second kappa shape index (κ2) is 6.78. The molecule has 0 aliphatic carbocycles. The van der Waals surface area contributed by atoms with Gasteiger partial charge in [-0.3, -0.25) is 5.41 Å². The Morgan fingerprint density at radius 1 is 1.12 bits per heavy atom. The molecule has 24 heavy (non-hydrogen) atoms. The second-order valence-corrected chi connectivity index (χ2v) is 5.10. The van der Waals surface area contributed by atoms with Crippen LogP contribution < -0.4 is 10.1 Å². The molecule has 0 aliphatic rings. The summed E-state index contributed by atoms with van der Waals surface area (Å²) < 4.78 is 7.17. The molecule has 0 unspecified atom stereocenters. The monoisotopic (exact) mass is 321 g/mol. The summed E-state index contributed by atoms with van der Waals surface area (Å²) in [6.45, 7) is 0.439. The molecule has 0 aliphatic heterocycles. The van der Waals surface area contributed by atoms with Crippen LogP contribution in [0.2, 0.25) is 0 Å². The third-order valence-electron chi connectivity index (χ3n) is 3.38. The molecule has 0 bridgehead atoms. The third kappa shape index (κ3) is 3.49. The highest BCUT2D eigenvalue weighted by Crippen LogP contribution is 2.17. The first-order chi connectivity index (χ1) is 11.6. The number of ether oxygens (including phenoxy) is 1. The van der Waals surface area contributed by atoms with E-state index in [1.807, 2.05) is 36.4 Å². The number of benzene rings is 2. The second-order valence-electron chi connectivity index (χ2n) is 5.10. The van der Waals surface area contributed by atoms with E-state index in [1.54, 1.807) is 24.4 Å². The van der Waals surface area contributed by atoms with Gasteiger partial charge in [0.05, 0.1) is 11.0 Å². The maximum absolute atomic E-state index is 11.1. The van der Waals surface area contributed by atoms with Crippen LogP contribution in [0.5, 0.6) is 5.75 Å². The van der Waals surface area contributed by atoms with Crippen molar-refractivity contribution in [2.45, 2.75) is 6.61 Å². The molecule has 1 aromatic heterocycles. The molecule has 2 N–H and O–H groups in total. The summed E-state index contributed by atoms with van der Waals surface area (Å²) >= 11 is 0. The van der Waals surface area contributed by atoms with Gasteiger partial charge < -0.3 is 9.84 Å². The Kier molecular flexibility index (Phi) is 4.38. The van der Waals surface area contributed by atoms with Gasteiger partial charge in [-0.05, 0) is 23.8 Å². The van der Waals surface area contributed by atoms with E-state index in [0.29, 0.717) is 18.0 Å². The minimum atomic E-state index is -1.23. The predicted molar refractivity (Wildman–Crippen MR) is 87.2 cm³/mol. The van der Waals surface area contributed by atoms with Crippen LogP contribution in [-0.4, -0.2) is 20.9 Å².